The van der Waals surface area contributed by atoms with Gasteiger partial charge in [0, 0.05) is 30.9 Å². The monoisotopic (exact) mass is 321 g/mol. The van der Waals surface area contributed by atoms with Crippen molar-refractivity contribution < 1.29 is 0 Å². The number of nitrogens with two attached hydrogens (primary N) is 1. The highest BCUT2D eigenvalue weighted by atomic mass is 35.5. The lowest BCUT2D eigenvalue weighted by Gasteiger charge is -2.03. The molecule has 3 nitrogen and oxygen atoms in total. The zero-order valence-corrected chi connectivity index (χ0v) is 15.1. The molecule has 1 aromatic heterocycles. The Morgan fingerprint density at radius 1 is 1.45 bits per heavy atom. The maximum Gasteiger partial charge on any atom is 0.106 e. The summed E-state index contributed by atoms with van der Waals surface area (Å²) in [5.74, 6) is 6.81. The van der Waals surface area contributed by atoms with Gasteiger partial charge in [0.05, 0.1) is 10.7 Å². The molecule has 2 rings (SSSR count). The number of halogens is 1. The molecule has 0 saturated heterocycles. The minimum Gasteiger partial charge on any atom is -0.396 e. The molecule has 0 amide bonds. The van der Waals surface area contributed by atoms with Crippen LogP contribution in [0.5, 0.6) is 0 Å². The van der Waals surface area contributed by atoms with Crippen molar-refractivity contribution in [2.24, 2.45) is 11.7 Å². The summed E-state index contributed by atoms with van der Waals surface area (Å²) in [6.45, 7) is 8.25. The van der Waals surface area contributed by atoms with Gasteiger partial charge in [0.15, 0.2) is 0 Å². The average molecular weight is 322 g/mol. The summed E-state index contributed by atoms with van der Waals surface area (Å²) in [7, 11) is 1.77. The maximum absolute atomic E-state index is 6.11. The Kier molecular flexibility index (Phi) is 11.0. The topological polar surface area (TPSA) is 50.9 Å². The van der Waals surface area contributed by atoms with E-state index in [-0.39, 0.29) is 0 Å². The van der Waals surface area contributed by atoms with Gasteiger partial charge in [-0.1, -0.05) is 57.6 Å². The summed E-state index contributed by atoms with van der Waals surface area (Å²) < 4.78 is 0. The fourth-order valence-corrected chi connectivity index (χ4v) is 1.63. The van der Waals surface area contributed by atoms with Gasteiger partial charge in [-0.3, -0.25) is 4.98 Å². The molecule has 1 aliphatic carbocycles. The zero-order chi connectivity index (χ0) is 17.0. The van der Waals surface area contributed by atoms with Crippen LogP contribution in [0.25, 0.3) is 5.70 Å². The van der Waals surface area contributed by atoms with E-state index in [0.717, 1.165) is 5.56 Å². The van der Waals surface area contributed by atoms with Gasteiger partial charge in [0.1, 0.15) is 5.69 Å². The molecule has 0 atom stereocenters. The van der Waals surface area contributed by atoms with Crippen LogP contribution in [0, 0.1) is 17.8 Å². The van der Waals surface area contributed by atoms with E-state index in [4.69, 9.17) is 17.3 Å². The van der Waals surface area contributed by atoms with Gasteiger partial charge in [-0.05, 0) is 18.9 Å². The second-order valence-electron chi connectivity index (χ2n) is 4.69. The summed E-state index contributed by atoms with van der Waals surface area (Å²) in [4.78, 5) is 4.23. The number of hydrogen-bond acceptors (Lipinski definition) is 3. The second-order valence-corrected chi connectivity index (χ2v) is 5.10. The number of hydrogen-bond donors (Lipinski definition) is 2. The molecule has 122 valence electrons. The Balaban J connectivity index is 0.000000789. The van der Waals surface area contributed by atoms with Gasteiger partial charge >= 0.3 is 0 Å². The van der Waals surface area contributed by atoms with E-state index < -0.39 is 0 Å². The molecular formula is C18H28ClN3. The van der Waals surface area contributed by atoms with Gasteiger partial charge in [-0.15, -0.1) is 0 Å². The fraction of sp³-hybridized carbons (Fsp3) is 0.500. The summed E-state index contributed by atoms with van der Waals surface area (Å²) >= 11 is 6.11. The second kappa shape index (κ2) is 11.9. The predicted octanol–water partition coefficient (Wildman–Crippen LogP) is 4.42. The van der Waals surface area contributed by atoms with Crippen LogP contribution >= 0.6 is 11.6 Å². The third-order valence-corrected chi connectivity index (χ3v) is 2.70. The maximum atomic E-state index is 6.11. The van der Waals surface area contributed by atoms with E-state index in [1.807, 2.05) is 13.8 Å². The van der Waals surface area contributed by atoms with Crippen LogP contribution in [0.2, 0.25) is 5.02 Å². The molecule has 0 unspecified atom stereocenters. The predicted molar refractivity (Wildman–Crippen MR) is 97.4 cm³/mol. The quantitative estimate of drug-likeness (QED) is 0.793. The number of pyridine rings is 1. The van der Waals surface area contributed by atoms with E-state index >= 15 is 0 Å². The standard InChI is InChI=1S/C13H14ClN3.C3H8.C2H6/c1-16-8-12(15)13-11(14)6-10(7-17-13)5-4-9-2-3-9;1-3-2;1-2/h6-9,16H,2-3,15H2,1H3;3H2,1-2H3;1-2H3/b12-8-;;. The van der Waals surface area contributed by atoms with Crippen LogP contribution in [0.1, 0.15) is 58.2 Å². The van der Waals surface area contributed by atoms with Crippen molar-refractivity contribution >= 4 is 17.3 Å². The first kappa shape index (κ1) is 20.3. The fourth-order valence-electron chi connectivity index (χ4n) is 1.36. The normalized spacial score (nSPS) is 12.7. The van der Waals surface area contributed by atoms with Crippen LogP contribution in [0.3, 0.4) is 0 Å². The first-order valence-corrected chi connectivity index (χ1v) is 8.30. The van der Waals surface area contributed by atoms with Gasteiger partial charge in [-0.25, -0.2) is 0 Å². The van der Waals surface area contributed by atoms with Crippen molar-refractivity contribution in [3.8, 4) is 11.8 Å². The van der Waals surface area contributed by atoms with Crippen molar-refractivity contribution in [2.75, 3.05) is 7.05 Å². The SMILES string of the molecule is CC.CCC.CN/C=C(\N)c1ncc(C#CC2CC2)cc1Cl. The third-order valence-electron chi connectivity index (χ3n) is 2.41. The lowest BCUT2D eigenvalue weighted by molar-refractivity contribution is 1.09. The largest absolute Gasteiger partial charge is 0.396 e. The van der Waals surface area contributed by atoms with E-state index in [0.29, 0.717) is 22.3 Å². The van der Waals surface area contributed by atoms with E-state index in [1.54, 1.807) is 25.5 Å². The molecular weight excluding hydrogens is 294 g/mol. The number of nitrogens with one attached hydrogen (secondary N) is 1. The molecule has 0 aromatic carbocycles. The van der Waals surface area contributed by atoms with Gasteiger partial charge < -0.3 is 11.1 Å². The van der Waals surface area contributed by atoms with E-state index in [1.165, 1.54) is 19.3 Å². The first-order chi connectivity index (χ1) is 10.6. The van der Waals surface area contributed by atoms with E-state index in [9.17, 15) is 0 Å². The Morgan fingerprint density at radius 2 is 2.05 bits per heavy atom. The summed E-state index contributed by atoms with van der Waals surface area (Å²) in [5.41, 5.74) is 7.73. The molecule has 0 radical (unpaired) electrons. The molecule has 1 aliphatic rings. The lowest BCUT2D eigenvalue weighted by atomic mass is 10.2. The minimum absolute atomic E-state index is 0.513. The van der Waals surface area contributed by atoms with Crippen molar-refractivity contribution in [1.29, 1.82) is 0 Å². The average Bonchev–Trinajstić information content (AvgIpc) is 3.32. The van der Waals surface area contributed by atoms with Crippen LogP contribution in [-0.4, -0.2) is 12.0 Å². The summed E-state index contributed by atoms with van der Waals surface area (Å²) in [5, 5.41) is 3.37. The molecule has 0 bridgehead atoms. The van der Waals surface area contributed by atoms with E-state index in [2.05, 4.69) is 36.0 Å². The molecule has 0 spiro atoms. The van der Waals surface area contributed by atoms with Crippen molar-refractivity contribution in [3.63, 3.8) is 0 Å². The Hall–Kier alpha value is -1.66. The highest BCUT2D eigenvalue weighted by Gasteiger charge is 2.17. The molecule has 1 saturated carbocycles. The third kappa shape index (κ3) is 7.95. The molecule has 0 aliphatic heterocycles. The van der Waals surface area contributed by atoms with Crippen LogP contribution in [0.15, 0.2) is 18.5 Å². The van der Waals surface area contributed by atoms with Gasteiger partial charge in [0.2, 0.25) is 0 Å². The Morgan fingerprint density at radius 3 is 2.50 bits per heavy atom. The molecule has 1 heterocycles. The highest BCUT2D eigenvalue weighted by Crippen LogP contribution is 2.27. The summed E-state index contributed by atoms with van der Waals surface area (Å²) in [6, 6.07) is 1.80. The smallest absolute Gasteiger partial charge is 0.106 e. The lowest BCUT2D eigenvalue weighted by Crippen LogP contribution is -2.05. The number of nitrogens with zero attached hydrogens (tertiary/aromatic N) is 1. The summed E-state index contributed by atoms with van der Waals surface area (Å²) in [6.07, 6.45) is 7.03. The molecule has 22 heavy (non-hydrogen) atoms. The molecule has 4 heteroatoms. The Bertz CT molecular complexity index is 523. The van der Waals surface area contributed by atoms with Crippen molar-refractivity contribution in [2.45, 2.75) is 47.0 Å². The van der Waals surface area contributed by atoms with Gasteiger partial charge in [-0.2, -0.15) is 0 Å². The van der Waals surface area contributed by atoms with Gasteiger partial charge in [0.25, 0.3) is 0 Å². The molecule has 1 aromatic rings. The first-order valence-electron chi connectivity index (χ1n) is 7.92. The number of rotatable bonds is 2. The minimum atomic E-state index is 0.513. The van der Waals surface area contributed by atoms with Crippen LogP contribution in [0.4, 0.5) is 0 Å². The molecule has 1 fully saturated rings. The van der Waals surface area contributed by atoms with Crippen molar-refractivity contribution in [1.82, 2.24) is 10.3 Å². The highest BCUT2D eigenvalue weighted by molar-refractivity contribution is 6.32. The van der Waals surface area contributed by atoms with Crippen LogP contribution in [-0.2, 0) is 0 Å². The Labute approximate surface area is 140 Å². The van der Waals surface area contributed by atoms with Crippen LogP contribution < -0.4 is 11.1 Å². The van der Waals surface area contributed by atoms with Crippen molar-refractivity contribution in [3.05, 3.63) is 34.7 Å². The number of aromatic nitrogens is 1. The zero-order valence-electron chi connectivity index (χ0n) is 14.3. The molecule has 3 N–H and O–H groups in total.